The summed E-state index contributed by atoms with van der Waals surface area (Å²) in [7, 11) is 1.59. The highest BCUT2D eigenvalue weighted by Crippen LogP contribution is 2.40. The molecule has 0 spiro atoms. The topological polar surface area (TPSA) is 73.6 Å². The summed E-state index contributed by atoms with van der Waals surface area (Å²) in [4.78, 5) is 16.6. The number of carbonyl (C=O) groups is 1. The third-order valence-electron chi connectivity index (χ3n) is 4.79. The van der Waals surface area contributed by atoms with E-state index in [1.165, 1.54) is 11.8 Å². The first-order valence-corrected chi connectivity index (χ1v) is 9.21. The summed E-state index contributed by atoms with van der Waals surface area (Å²) in [5, 5.41) is 3.01. The molecule has 1 saturated carbocycles. The molecule has 6 nitrogen and oxygen atoms in total. The van der Waals surface area contributed by atoms with Crippen molar-refractivity contribution >= 4 is 5.91 Å². The number of aromatic nitrogens is 1. The molecule has 1 fully saturated rings. The highest BCUT2D eigenvalue weighted by atomic mass is 16.5. The second kappa shape index (κ2) is 7.76. The lowest BCUT2D eigenvalue weighted by atomic mass is 10.1. The van der Waals surface area contributed by atoms with Gasteiger partial charge in [-0.15, -0.1) is 0 Å². The predicted molar refractivity (Wildman–Crippen MR) is 104 cm³/mol. The number of methoxy groups -OCH3 is 1. The summed E-state index contributed by atoms with van der Waals surface area (Å²) in [6.07, 6.45) is 2.30. The van der Waals surface area contributed by atoms with Gasteiger partial charge >= 0.3 is 0 Å². The molecule has 1 aromatic heterocycles. The number of amides is 1. The van der Waals surface area contributed by atoms with E-state index in [2.05, 4.69) is 22.4 Å². The fourth-order valence-corrected chi connectivity index (χ4v) is 3.18. The summed E-state index contributed by atoms with van der Waals surface area (Å²) in [6, 6.07) is 16.0. The predicted octanol–water partition coefficient (Wildman–Crippen LogP) is 3.86. The van der Waals surface area contributed by atoms with Crippen LogP contribution in [0.25, 0.3) is 0 Å². The Morgan fingerprint density at radius 3 is 2.82 bits per heavy atom. The van der Waals surface area contributed by atoms with Gasteiger partial charge in [-0.05, 0) is 36.6 Å². The Bertz CT molecular complexity index is 968. The Hall–Kier alpha value is -3.28. The maximum Gasteiger partial charge on any atom is 0.273 e. The van der Waals surface area contributed by atoms with Crippen LogP contribution in [-0.4, -0.2) is 24.0 Å². The molecule has 144 valence electrons. The average Bonchev–Trinajstić information content (AvgIpc) is 3.31. The van der Waals surface area contributed by atoms with Gasteiger partial charge in [0.15, 0.2) is 23.8 Å². The minimum absolute atomic E-state index is 0.114. The molecule has 28 heavy (non-hydrogen) atoms. The smallest absolute Gasteiger partial charge is 0.273 e. The van der Waals surface area contributed by atoms with Crippen molar-refractivity contribution in [3.63, 3.8) is 0 Å². The molecule has 1 aliphatic rings. The molecule has 0 aliphatic heterocycles. The molecule has 1 N–H and O–H groups in total. The molecule has 0 bridgehead atoms. The van der Waals surface area contributed by atoms with Gasteiger partial charge < -0.3 is 19.2 Å². The van der Waals surface area contributed by atoms with Crippen LogP contribution in [0, 0.1) is 6.92 Å². The zero-order chi connectivity index (χ0) is 19.5. The maximum absolute atomic E-state index is 12.4. The molecule has 2 atom stereocenters. The molecule has 4 rings (SSSR count). The Morgan fingerprint density at radius 1 is 1.21 bits per heavy atom. The van der Waals surface area contributed by atoms with Crippen molar-refractivity contribution in [3.8, 4) is 11.5 Å². The lowest BCUT2D eigenvalue weighted by Crippen LogP contribution is -2.26. The third kappa shape index (κ3) is 4.01. The summed E-state index contributed by atoms with van der Waals surface area (Å²) < 4.78 is 16.4. The molecule has 3 aromatic rings. The zero-order valence-electron chi connectivity index (χ0n) is 15.8. The van der Waals surface area contributed by atoms with Gasteiger partial charge in [0.1, 0.15) is 6.26 Å². The van der Waals surface area contributed by atoms with Crippen LogP contribution in [0.2, 0.25) is 0 Å². The summed E-state index contributed by atoms with van der Waals surface area (Å²) in [5.74, 6) is 1.72. The monoisotopic (exact) mass is 378 g/mol. The highest BCUT2D eigenvalue weighted by molar-refractivity contribution is 5.92. The molecule has 1 amide bonds. The molecule has 1 heterocycles. The first-order chi connectivity index (χ1) is 13.6. The van der Waals surface area contributed by atoms with Crippen LogP contribution >= 0.6 is 0 Å². The molecular formula is C22H22N2O4. The van der Waals surface area contributed by atoms with E-state index in [1.54, 1.807) is 7.11 Å². The van der Waals surface area contributed by atoms with E-state index >= 15 is 0 Å². The van der Waals surface area contributed by atoms with E-state index in [-0.39, 0.29) is 24.2 Å². The Balaban J connectivity index is 1.33. The zero-order valence-corrected chi connectivity index (χ0v) is 15.8. The third-order valence-corrected chi connectivity index (χ3v) is 4.79. The number of aryl methyl sites for hydroxylation is 1. The van der Waals surface area contributed by atoms with Gasteiger partial charge in [0.25, 0.3) is 5.91 Å². The minimum atomic E-state index is -0.230. The number of ether oxygens (including phenoxy) is 2. The lowest BCUT2D eigenvalue weighted by molar-refractivity contribution is 0.0945. The van der Waals surface area contributed by atoms with Gasteiger partial charge in [0.05, 0.1) is 7.11 Å². The van der Waals surface area contributed by atoms with Crippen LogP contribution in [0.4, 0.5) is 0 Å². The van der Waals surface area contributed by atoms with E-state index in [9.17, 15) is 4.79 Å². The van der Waals surface area contributed by atoms with E-state index in [0.29, 0.717) is 23.3 Å². The number of hydrogen-bond acceptors (Lipinski definition) is 5. The molecule has 0 unspecified atom stereocenters. The van der Waals surface area contributed by atoms with E-state index < -0.39 is 0 Å². The first kappa shape index (κ1) is 18.1. The van der Waals surface area contributed by atoms with Crippen LogP contribution in [0.1, 0.15) is 39.8 Å². The number of nitrogens with one attached hydrogen (secondary N) is 1. The summed E-state index contributed by atoms with van der Waals surface area (Å²) >= 11 is 0. The van der Waals surface area contributed by atoms with Crippen LogP contribution < -0.4 is 14.8 Å². The second-order valence-electron chi connectivity index (χ2n) is 6.90. The van der Waals surface area contributed by atoms with Crippen LogP contribution in [0.5, 0.6) is 11.5 Å². The van der Waals surface area contributed by atoms with Crippen LogP contribution in [-0.2, 0) is 6.61 Å². The molecule has 0 radical (unpaired) electrons. The number of nitrogens with zero attached hydrogens (tertiary/aromatic N) is 1. The van der Waals surface area contributed by atoms with Crippen molar-refractivity contribution in [2.45, 2.75) is 31.9 Å². The first-order valence-electron chi connectivity index (χ1n) is 9.21. The summed E-state index contributed by atoms with van der Waals surface area (Å²) in [5.41, 5.74) is 2.58. The van der Waals surface area contributed by atoms with Crippen LogP contribution in [0.3, 0.4) is 0 Å². The molecule has 2 aromatic carbocycles. The molecular weight excluding hydrogens is 356 g/mol. The quantitative estimate of drug-likeness (QED) is 0.676. The summed E-state index contributed by atoms with van der Waals surface area (Å²) in [6.45, 7) is 2.09. The van der Waals surface area contributed by atoms with Crippen molar-refractivity contribution in [2.24, 2.45) is 0 Å². The fourth-order valence-electron chi connectivity index (χ4n) is 3.18. The number of oxazole rings is 1. The van der Waals surface area contributed by atoms with Gasteiger partial charge in [-0.25, -0.2) is 4.98 Å². The van der Waals surface area contributed by atoms with E-state index in [1.807, 2.05) is 43.3 Å². The minimum Gasteiger partial charge on any atom is -0.493 e. The second-order valence-corrected chi connectivity index (χ2v) is 6.90. The largest absolute Gasteiger partial charge is 0.493 e. The van der Waals surface area contributed by atoms with Gasteiger partial charge in [-0.3, -0.25) is 4.79 Å². The number of rotatable bonds is 7. The highest BCUT2D eigenvalue weighted by Gasteiger charge is 2.39. The molecule has 6 heteroatoms. The molecule has 0 saturated heterocycles. The van der Waals surface area contributed by atoms with E-state index in [0.717, 1.165) is 12.0 Å². The molecule has 1 aliphatic carbocycles. The SMILES string of the molecule is COc1cc(C)ccc1OCc1nc(C(=O)N[C@@H]2C[C@H]2c2ccccc2)co1. The Kier molecular flexibility index (Phi) is 5.02. The Labute approximate surface area is 163 Å². The van der Waals surface area contributed by atoms with Crippen molar-refractivity contribution in [1.82, 2.24) is 10.3 Å². The Morgan fingerprint density at radius 2 is 2.04 bits per heavy atom. The number of benzene rings is 2. The maximum atomic E-state index is 12.4. The van der Waals surface area contributed by atoms with Gasteiger partial charge in [-0.1, -0.05) is 36.4 Å². The van der Waals surface area contributed by atoms with Crippen LogP contribution in [0.15, 0.2) is 59.2 Å². The fraction of sp³-hybridized carbons (Fsp3) is 0.273. The van der Waals surface area contributed by atoms with E-state index in [4.69, 9.17) is 13.9 Å². The lowest BCUT2D eigenvalue weighted by Gasteiger charge is -2.09. The van der Waals surface area contributed by atoms with Crippen molar-refractivity contribution in [1.29, 1.82) is 0 Å². The number of hydrogen-bond donors (Lipinski definition) is 1. The standard InChI is InChI=1S/C22H22N2O4/c1-14-8-9-19(20(10-14)26-2)27-13-21-23-18(12-28-21)22(25)24-17-11-16(17)15-6-4-3-5-7-15/h3-10,12,16-17H,11,13H2,1-2H3,(H,24,25)/t16-,17+/m0/s1. The van der Waals surface area contributed by atoms with Gasteiger partial charge in [0.2, 0.25) is 5.89 Å². The van der Waals surface area contributed by atoms with Gasteiger partial charge in [0, 0.05) is 12.0 Å². The average molecular weight is 378 g/mol. The van der Waals surface area contributed by atoms with Crippen molar-refractivity contribution in [2.75, 3.05) is 7.11 Å². The van der Waals surface area contributed by atoms with Crippen molar-refractivity contribution in [3.05, 3.63) is 77.5 Å². The van der Waals surface area contributed by atoms with Crippen molar-refractivity contribution < 1.29 is 18.7 Å². The van der Waals surface area contributed by atoms with Gasteiger partial charge in [-0.2, -0.15) is 0 Å². The number of carbonyl (C=O) groups excluding carboxylic acids is 1. The normalized spacial score (nSPS) is 17.8.